The SMILES string of the molecule is COCCOCCCC(CCl)(CCl)c1ccc(F)cc1. The van der Waals surface area contributed by atoms with Crippen molar-refractivity contribution in [3.8, 4) is 0 Å². The van der Waals surface area contributed by atoms with Crippen molar-refractivity contribution >= 4 is 23.2 Å². The Labute approximate surface area is 130 Å². The highest BCUT2D eigenvalue weighted by molar-refractivity contribution is 6.22. The average molecular weight is 323 g/mol. The zero-order valence-electron chi connectivity index (χ0n) is 11.7. The molecule has 5 heteroatoms. The molecule has 0 unspecified atom stereocenters. The van der Waals surface area contributed by atoms with E-state index >= 15 is 0 Å². The Kier molecular flexibility index (Phi) is 8.46. The molecule has 0 saturated carbocycles. The number of ether oxygens (including phenoxy) is 2. The van der Waals surface area contributed by atoms with Crippen LogP contribution in [0.5, 0.6) is 0 Å². The van der Waals surface area contributed by atoms with E-state index in [9.17, 15) is 4.39 Å². The minimum Gasteiger partial charge on any atom is -0.382 e. The molecule has 1 rings (SSSR count). The molecule has 0 aromatic heterocycles. The van der Waals surface area contributed by atoms with Gasteiger partial charge < -0.3 is 9.47 Å². The van der Waals surface area contributed by atoms with Crippen LogP contribution in [-0.2, 0) is 14.9 Å². The molecule has 0 aliphatic heterocycles. The molecule has 0 atom stereocenters. The Morgan fingerprint density at radius 2 is 1.70 bits per heavy atom. The van der Waals surface area contributed by atoms with Gasteiger partial charge in [0.2, 0.25) is 0 Å². The van der Waals surface area contributed by atoms with Gasteiger partial charge in [0.15, 0.2) is 0 Å². The highest BCUT2D eigenvalue weighted by Crippen LogP contribution is 2.32. The number of hydrogen-bond donors (Lipinski definition) is 0. The summed E-state index contributed by atoms with van der Waals surface area (Å²) in [6.45, 7) is 1.82. The Balaban J connectivity index is 2.56. The second-order valence-electron chi connectivity index (χ2n) is 4.76. The lowest BCUT2D eigenvalue weighted by atomic mass is 9.80. The minimum absolute atomic E-state index is 0.255. The van der Waals surface area contributed by atoms with Gasteiger partial charge in [-0.05, 0) is 30.5 Å². The lowest BCUT2D eigenvalue weighted by molar-refractivity contribution is 0.0670. The minimum atomic E-state index is -0.332. The molecule has 0 radical (unpaired) electrons. The molecular weight excluding hydrogens is 302 g/mol. The molecule has 0 N–H and O–H groups in total. The van der Waals surface area contributed by atoms with E-state index in [1.807, 2.05) is 0 Å². The van der Waals surface area contributed by atoms with E-state index in [0.29, 0.717) is 31.6 Å². The van der Waals surface area contributed by atoms with E-state index in [1.165, 1.54) is 12.1 Å². The molecule has 0 amide bonds. The molecule has 0 heterocycles. The first-order valence-corrected chi connectivity index (χ1v) is 7.70. The summed E-state index contributed by atoms with van der Waals surface area (Å²) < 4.78 is 23.4. The van der Waals surface area contributed by atoms with Crippen LogP contribution in [0, 0.1) is 5.82 Å². The van der Waals surface area contributed by atoms with Crippen molar-refractivity contribution in [2.75, 3.05) is 38.7 Å². The highest BCUT2D eigenvalue weighted by Gasteiger charge is 2.30. The Morgan fingerprint density at radius 1 is 1.05 bits per heavy atom. The first-order chi connectivity index (χ1) is 9.68. The number of rotatable bonds is 10. The Hall–Kier alpha value is -0.350. The monoisotopic (exact) mass is 322 g/mol. The summed E-state index contributed by atoms with van der Waals surface area (Å²) in [6, 6.07) is 6.40. The molecule has 0 aliphatic rings. The van der Waals surface area contributed by atoms with Crippen LogP contribution in [0.3, 0.4) is 0 Å². The second-order valence-corrected chi connectivity index (χ2v) is 5.30. The van der Waals surface area contributed by atoms with Gasteiger partial charge in [-0.25, -0.2) is 4.39 Å². The second kappa shape index (κ2) is 9.56. The predicted octanol–water partition coefficient (Wildman–Crippen LogP) is 3.98. The fourth-order valence-corrected chi connectivity index (χ4v) is 2.89. The molecule has 2 nitrogen and oxygen atoms in total. The van der Waals surface area contributed by atoms with E-state index in [4.69, 9.17) is 32.7 Å². The molecule has 1 aromatic rings. The first-order valence-electron chi connectivity index (χ1n) is 6.63. The van der Waals surface area contributed by atoms with E-state index in [-0.39, 0.29) is 11.2 Å². The lowest BCUT2D eigenvalue weighted by Gasteiger charge is -2.30. The molecule has 20 heavy (non-hydrogen) atoms. The van der Waals surface area contributed by atoms with Crippen LogP contribution in [0.15, 0.2) is 24.3 Å². The van der Waals surface area contributed by atoms with Crippen LogP contribution in [0.1, 0.15) is 18.4 Å². The van der Waals surface area contributed by atoms with Crippen molar-refractivity contribution in [1.82, 2.24) is 0 Å². The van der Waals surface area contributed by atoms with Crippen molar-refractivity contribution in [1.29, 1.82) is 0 Å². The number of alkyl halides is 2. The van der Waals surface area contributed by atoms with Crippen LogP contribution >= 0.6 is 23.2 Å². The smallest absolute Gasteiger partial charge is 0.123 e. The topological polar surface area (TPSA) is 18.5 Å². The summed E-state index contributed by atoms with van der Waals surface area (Å²) in [4.78, 5) is 0. The van der Waals surface area contributed by atoms with Crippen LogP contribution in [0.4, 0.5) is 4.39 Å². The predicted molar refractivity (Wildman–Crippen MR) is 81.4 cm³/mol. The number of halogens is 3. The summed E-state index contributed by atoms with van der Waals surface area (Å²) in [7, 11) is 1.64. The summed E-state index contributed by atoms with van der Waals surface area (Å²) in [6.07, 6.45) is 1.65. The van der Waals surface area contributed by atoms with Gasteiger partial charge >= 0.3 is 0 Å². The highest BCUT2D eigenvalue weighted by atomic mass is 35.5. The average Bonchev–Trinajstić information content (AvgIpc) is 2.48. The fourth-order valence-electron chi connectivity index (χ4n) is 2.03. The van der Waals surface area contributed by atoms with Crippen LogP contribution in [0.2, 0.25) is 0 Å². The van der Waals surface area contributed by atoms with Gasteiger partial charge in [-0.1, -0.05) is 12.1 Å². The number of hydrogen-bond acceptors (Lipinski definition) is 2. The Morgan fingerprint density at radius 3 is 2.25 bits per heavy atom. The number of methoxy groups -OCH3 is 1. The van der Waals surface area contributed by atoms with Gasteiger partial charge in [0, 0.05) is 30.9 Å². The van der Waals surface area contributed by atoms with Crippen molar-refractivity contribution in [2.45, 2.75) is 18.3 Å². The summed E-state index contributed by atoms with van der Waals surface area (Å²) in [5.74, 6) is 0.551. The van der Waals surface area contributed by atoms with Crippen molar-refractivity contribution in [3.63, 3.8) is 0 Å². The van der Waals surface area contributed by atoms with E-state index < -0.39 is 0 Å². The van der Waals surface area contributed by atoms with Crippen LogP contribution in [0.25, 0.3) is 0 Å². The van der Waals surface area contributed by atoms with Crippen molar-refractivity contribution < 1.29 is 13.9 Å². The third kappa shape index (κ3) is 5.21. The van der Waals surface area contributed by atoms with Crippen molar-refractivity contribution in [3.05, 3.63) is 35.6 Å². The lowest BCUT2D eigenvalue weighted by Crippen LogP contribution is -2.31. The standard InChI is InChI=1S/C15H21Cl2FO2/c1-19-9-10-20-8-2-7-15(11-16,12-17)13-3-5-14(18)6-4-13/h3-6H,2,7-12H2,1H3. The summed E-state index contributed by atoms with van der Waals surface area (Å²) >= 11 is 12.2. The van der Waals surface area contributed by atoms with E-state index in [1.54, 1.807) is 19.2 Å². The third-order valence-electron chi connectivity index (χ3n) is 3.34. The summed E-state index contributed by atoms with van der Waals surface area (Å²) in [5.41, 5.74) is 0.641. The van der Waals surface area contributed by atoms with Crippen LogP contribution < -0.4 is 0 Å². The van der Waals surface area contributed by atoms with Gasteiger partial charge in [0.25, 0.3) is 0 Å². The van der Waals surface area contributed by atoms with Gasteiger partial charge in [-0.2, -0.15) is 0 Å². The quantitative estimate of drug-likeness (QED) is 0.479. The third-order valence-corrected chi connectivity index (χ3v) is 4.37. The maximum Gasteiger partial charge on any atom is 0.123 e. The zero-order chi connectivity index (χ0) is 14.8. The molecule has 114 valence electrons. The maximum atomic E-state index is 13.0. The van der Waals surface area contributed by atoms with Crippen LogP contribution in [-0.4, -0.2) is 38.7 Å². The molecule has 0 fully saturated rings. The normalized spacial score (nSPS) is 11.8. The van der Waals surface area contributed by atoms with E-state index in [0.717, 1.165) is 18.4 Å². The van der Waals surface area contributed by atoms with Gasteiger partial charge in [-0.3, -0.25) is 0 Å². The molecule has 0 aliphatic carbocycles. The molecule has 1 aromatic carbocycles. The summed E-state index contributed by atoms with van der Waals surface area (Å²) in [5, 5.41) is 0. The van der Waals surface area contributed by atoms with Gasteiger partial charge in [0.1, 0.15) is 5.82 Å². The van der Waals surface area contributed by atoms with E-state index in [2.05, 4.69) is 0 Å². The molecule has 0 saturated heterocycles. The zero-order valence-corrected chi connectivity index (χ0v) is 13.2. The van der Waals surface area contributed by atoms with Gasteiger partial charge in [-0.15, -0.1) is 23.2 Å². The van der Waals surface area contributed by atoms with Crippen molar-refractivity contribution in [2.24, 2.45) is 0 Å². The maximum absolute atomic E-state index is 13.0. The van der Waals surface area contributed by atoms with Gasteiger partial charge in [0.05, 0.1) is 13.2 Å². The number of benzene rings is 1. The largest absolute Gasteiger partial charge is 0.382 e. The first kappa shape index (κ1) is 17.7. The molecule has 0 spiro atoms. The Bertz CT molecular complexity index is 367. The molecule has 0 bridgehead atoms. The fraction of sp³-hybridized carbons (Fsp3) is 0.600. The molecular formula is C15H21Cl2FO2.